The normalized spacial score (nSPS) is 10.3. The van der Waals surface area contributed by atoms with Crippen LogP contribution in [0.3, 0.4) is 0 Å². The molecule has 1 aromatic rings. The maximum atomic E-state index is 11.0. The molecule has 1 heterocycles. The van der Waals surface area contributed by atoms with Crippen LogP contribution in [0.2, 0.25) is 0 Å². The van der Waals surface area contributed by atoms with E-state index in [9.17, 15) is 9.59 Å². The number of ether oxygens (including phenoxy) is 1. The van der Waals surface area contributed by atoms with Crippen molar-refractivity contribution < 1.29 is 14.3 Å². The molecule has 0 saturated heterocycles. The zero-order valence-electron chi connectivity index (χ0n) is 9.05. The van der Waals surface area contributed by atoms with E-state index >= 15 is 0 Å². The molecule has 0 unspecified atom stereocenters. The third-order valence-corrected chi connectivity index (χ3v) is 1.71. The maximum Gasteiger partial charge on any atom is 0.313 e. The monoisotopic (exact) mass is 219 g/mol. The van der Waals surface area contributed by atoms with Crippen LogP contribution in [0.4, 0.5) is 0 Å². The van der Waals surface area contributed by atoms with E-state index in [0.29, 0.717) is 0 Å². The molecular formula is C12H13NO3. The average Bonchev–Trinajstić information content (AvgIpc) is 2.25. The van der Waals surface area contributed by atoms with Gasteiger partial charge in [-0.05, 0) is 31.2 Å². The largest absolute Gasteiger partial charge is 0.461 e. The van der Waals surface area contributed by atoms with Crippen molar-refractivity contribution in [3.63, 3.8) is 0 Å². The van der Waals surface area contributed by atoms with Crippen LogP contribution < -0.4 is 0 Å². The van der Waals surface area contributed by atoms with Crippen LogP contribution in [0.25, 0.3) is 6.08 Å². The lowest BCUT2D eigenvalue weighted by atomic mass is 10.3. The Balaban J connectivity index is 2.28. The van der Waals surface area contributed by atoms with Gasteiger partial charge in [0.25, 0.3) is 0 Å². The minimum Gasteiger partial charge on any atom is -0.461 e. The Morgan fingerprint density at radius 3 is 2.88 bits per heavy atom. The maximum absolute atomic E-state index is 11.0. The van der Waals surface area contributed by atoms with Crippen molar-refractivity contribution in [2.75, 3.05) is 6.61 Å². The van der Waals surface area contributed by atoms with E-state index in [0.717, 1.165) is 5.69 Å². The van der Waals surface area contributed by atoms with Crippen LogP contribution in [0.5, 0.6) is 0 Å². The van der Waals surface area contributed by atoms with Gasteiger partial charge in [0, 0.05) is 6.20 Å². The summed E-state index contributed by atoms with van der Waals surface area (Å²) in [5, 5.41) is 0. The second-order valence-electron chi connectivity index (χ2n) is 3.22. The van der Waals surface area contributed by atoms with Crippen molar-refractivity contribution in [1.82, 2.24) is 4.98 Å². The highest BCUT2D eigenvalue weighted by Crippen LogP contribution is 1.96. The molecule has 4 heteroatoms. The van der Waals surface area contributed by atoms with E-state index in [1.165, 1.54) is 6.92 Å². The highest BCUT2D eigenvalue weighted by Gasteiger charge is 2.04. The van der Waals surface area contributed by atoms with E-state index in [4.69, 9.17) is 4.74 Å². The summed E-state index contributed by atoms with van der Waals surface area (Å²) in [4.78, 5) is 25.6. The first kappa shape index (κ1) is 12.1. The third kappa shape index (κ3) is 5.05. The Hall–Kier alpha value is -1.97. The third-order valence-electron chi connectivity index (χ3n) is 1.71. The van der Waals surface area contributed by atoms with Crippen molar-refractivity contribution in [3.8, 4) is 0 Å². The van der Waals surface area contributed by atoms with Crippen molar-refractivity contribution >= 4 is 17.8 Å². The second-order valence-corrected chi connectivity index (χ2v) is 3.22. The number of carbonyl (C=O) groups excluding carboxylic acids is 2. The van der Waals surface area contributed by atoms with Gasteiger partial charge in [-0.15, -0.1) is 0 Å². The Kier molecular flexibility index (Phi) is 4.92. The molecule has 0 aromatic carbocycles. The van der Waals surface area contributed by atoms with Crippen molar-refractivity contribution in [2.24, 2.45) is 0 Å². The number of nitrogens with zero attached hydrogens (tertiary/aromatic N) is 1. The summed E-state index contributed by atoms with van der Waals surface area (Å²) >= 11 is 0. The zero-order valence-corrected chi connectivity index (χ0v) is 9.05. The van der Waals surface area contributed by atoms with Crippen molar-refractivity contribution in [1.29, 1.82) is 0 Å². The molecule has 0 saturated carbocycles. The minimum atomic E-state index is -0.502. The van der Waals surface area contributed by atoms with Crippen LogP contribution in [0.15, 0.2) is 30.5 Å². The topological polar surface area (TPSA) is 56.3 Å². The first-order valence-corrected chi connectivity index (χ1v) is 4.91. The fraction of sp³-hybridized carbons (Fsp3) is 0.250. The van der Waals surface area contributed by atoms with Gasteiger partial charge in [-0.2, -0.15) is 0 Å². The van der Waals surface area contributed by atoms with E-state index in [2.05, 4.69) is 4.98 Å². The SMILES string of the molecule is CC(=O)CC(=O)OC/C=C/c1ccccn1. The van der Waals surface area contributed by atoms with Crippen LogP contribution in [0, 0.1) is 0 Å². The van der Waals surface area contributed by atoms with Gasteiger partial charge in [0.15, 0.2) is 0 Å². The fourth-order valence-corrected chi connectivity index (χ4v) is 1.04. The minimum absolute atomic E-state index is 0.155. The molecule has 0 radical (unpaired) electrons. The second kappa shape index (κ2) is 6.50. The smallest absolute Gasteiger partial charge is 0.313 e. The number of hydrogen-bond acceptors (Lipinski definition) is 4. The predicted octanol–water partition coefficient (Wildman–Crippen LogP) is 1.62. The number of ketones is 1. The van der Waals surface area contributed by atoms with Crippen LogP contribution in [-0.4, -0.2) is 23.3 Å². The van der Waals surface area contributed by atoms with Crippen LogP contribution in [0.1, 0.15) is 19.0 Å². The Bertz CT molecular complexity index is 385. The van der Waals surface area contributed by atoms with Crippen molar-refractivity contribution in [2.45, 2.75) is 13.3 Å². The summed E-state index contributed by atoms with van der Waals surface area (Å²) in [5.74, 6) is -0.697. The number of aromatic nitrogens is 1. The summed E-state index contributed by atoms with van der Waals surface area (Å²) < 4.78 is 4.80. The molecule has 0 N–H and O–H groups in total. The lowest BCUT2D eigenvalue weighted by Crippen LogP contribution is -2.08. The first-order chi connectivity index (χ1) is 7.68. The zero-order chi connectivity index (χ0) is 11.8. The number of hydrogen-bond donors (Lipinski definition) is 0. The van der Waals surface area contributed by atoms with Crippen LogP contribution in [-0.2, 0) is 14.3 Å². The molecule has 0 aliphatic rings. The molecule has 1 rings (SSSR count). The number of rotatable bonds is 5. The van der Waals surface area contributed by atoms with E-state index in [1.54, 1.807) is 18.3 Å². The number of carbonyl (C=O) groups is 2. The lowest BCUT2D eigenvalue weighted by molar-refractivity contribution is -0.144. The highest BCUT2D eigenvalue weighted by molar-refractivity contribution is 5.94. The van der Waals surface area contributed by atoms with Gasteiger partial charge in [0.1, 0.15) is 18.8 Å². The molecule has 0 atom stereocenters. The van der Waals surface area contributed by atoms with Gasteiger partial charge in [-0.3, -0.25) is 14.6 Å². The molecule has 0 aliphatic carbocycles. The van der Waals surface area contributed by atoms with E-state index in [1.807, 2.05) is 18.2 Å². The van der Waals surface area contributed by atoms with Gasteiger partial charge in [-0.25, -0.2) is 0 Å². The Morgan fingerprint density at radius 1 is 1.44 bits per heavy atom. The standard InChI is InChI=1S/C12H13NO3/c1-10(14)9-12(15)16-8-4-6-11-5-2-3-7-13-11/h2-7H,8-9H2,1H3/b6-4+. The Labute approximate surface area is 94.0 Å². The lowest BCUT2D eigenvalue weighted by Gasteiger charge is -1.98. The number of pyridine rings is 1. The summed E-state index contributed by atoms with van der Waals surface area (Å²) in [6, 6.07) is 5.53. The predicted molar refractivity (Wildman–Crippen MR) is 59.5 cm³/mol. The molecular weight excluding hydrogens is 206 g/mol. The van der Waals surface area contributed by atoms with Gasteiger partial charge in [0.2, 0.25) is 0 Å². The molecule has 0 amide bonds. The average molecular weight is 219 g/mol. The molecule has 0 aliphatic heterocycles. The number of Topliss-reactive ketones (excluding diaryl/α,β-unsaturated/α-hetero) is 1. The molecule has 0 bridgehead atoms. The van der Waals surface area contributed by atoms with E-state index in [-0.39, 0.29) is 18.8 Å². The quantitative estimate of drug-likeness (QED) is 0.557. The molecule has 0 spiro atoms. The van der Waals surface area contributed by atoms with Gasteiger partial charge < -0.3 is 4.74 Å². The summed E-state index contributed by atoms with van der Waals surface area (Å²) in [7, 11) is 0. The molecule has 0 fully saturated rings. The Morgan fingerprint density at radius 2 is 2.25 bits per heavy atom. The summed E-state index contributed by atoms with van der Waals surface area (Å²) in [6.07, 6.45) is 4.94. The summed E-state index contributed by atoms with van der Waals surface area (Å²) in [5.41, 5.74) is 0.796. The van der Waals surface area contributed by atoms with Crippen molar-refractivity contribution in [3.05, 3.63) is 36.2 Å². The fourth-order valence-electron chi connectivity index (χ4n) is 1.04. The van der Waals surface area contributed by atoms with E-state index < -0.39 is 5.97 Å². The molecule has 1 aromatic heterocycles. The summed E-state index contributed by atoms with van der Waals surface area (Å²) in [6.45, 7) is 1.51. The van der Waals surface area contributed by atoms with Crippen LogP contribution >= 0.6 is 0 Å². The molecule has 4 nitrogen and oxygen atoms in total. The van der Waals surface area contributed by atoms with Gasteiger partial charge in [-0.1, -0.05) is 6.07 Å². The van der Waals surface area contributed by atoms with Gasteiger partial charge >= 0.3 is 5.97 Å². The van der Waals surface area contributed by atoms with Gasteiger partial charge in [0.05, 0.1) is 5.69 Å². The molecule has 16 heavy (non-hydrogen) atoms. The number of esters is 1. The molecule has 84 valence electrons. The first-order valence-electron chi connectivity index (χ1n) is 4.91. The highest BCUT2D eigenvalue weighted by atomic mass is 16.5.